The van der Waals surface area contributed by atoms with Crippen LogP contribution in [0.1, 0.15) is 31.4 Å². The summed E-state index contributed by atoms with van der Waals surface area (Å²) in [5.74, 6) is 0.939. The standard InChI is InChI=1S/C17H28N2O2/c1-13-7-6-8-15(14(13)2)21-10-9-16(20)19(5)12-17(3,4)11-18/h6-8H,9-12,18H2,1-5H3. The number of hydrogen-bond acceptors (Lipinski definition) is 3. The van der Waals surface area contributed by atoms with Crippen molar-refractivity contribution in [3.05, 3.63) is 29.3 Å². The smallest absolute Gasteiger partial charge is 0.225 e. The Kier molecular flexibility index (Phi) is 6.21. The number of carbonyl (C=O) groups excluding carboxylic acids is 1. The fourth-order valence-corrected chi connectivity index (χ4v) is 2.11. The summed E-state index contributed by atoms with van der Waals surface area (Å²) < 4.78 is 5.72. The molecule has 0 fully saturated rings. The van der Waals surface area contributed by atoms with Gasteiger partial charge < -0.3 is 15.4 Å². The van der Waals surface area contributed by atoms with Crippen molar-refractivity contribution in [2.45, 2.75) is 34.1 Å². The molecule has 0 aliphatic carbocycles. The zero-order valence-corrected chi connectivity index (χ0v) is 13.9. The largest absolute Gasteiger partial charge is 0.493 e. The summed E-state index contributed by atoms with van der Waals surface area (Å²) in [6.45, 7) is 9.82. The Morgan fingerprint density at radius 3 is 2.62 bits per heavy atom. The fourth-order valence-electron chi connectivity index (χ4n) is 2.11. The minimum absolute atomic E-state index is 0.0571. The van der Waals surface area contributed by atoms with Crippen LogP contribution in [0.3, 0.4) is 0 Å². The predicted molar refractivity (Wildman–Crippen MR) is 86.5 cm³/mol. The van der Waals surface area contributed by atoms with Gasteiger partial charge in [-0.15, -0.1) is 0 Å². The van der Waals surface area contributed by atoms with E-state index in [2.05, 4.69) is 26.8 Å². The Balaban J connectivity index is 2.45. The monoisotopic (exact) mass is 292 g/mol. The SMILES string of the molecule is Cc1cccc(OCCC(=O)N(C)CC(C)(C)CN)c1C. The van der Waals surface area contributed by atoms with E-state index in [0.29, 0.717) is 26.1 Å². The summed E-state index contributed by atoms with van der Waals surface area (Å²) in [6.07, 6.45) is 0.379. The number of carbonyl (C=O) groups is 1. The highest BCUT2D eigenvalue weighted by molar-refractivity contribution is 5.76. The molecule has 0 saturated heterocycles. The van der Waals surface area contributed by atoms with Gasteiger partial charge in [-0.1, -0.05) is 26.0 Å². The second-order valence-corrected chi connectivity index (χ2v) is 6.41. The van der Waals surface area contributed by atoms with Crippen molar-refractivity contribution >= 4 is 5.91 Å². The van der Waals surface area contributed by atoms with Crippen molar-refractivity contribution in [1.29, 1.82) is 0 Å². The molecule has 0 atom stereocenters. The van der Waals surface area contributed by atoms with Gasteiger partial charge in [-0.25, -0.2) is 0 Å². The number of hydrogen-bond donors (Lipinski definition) is 1. The van der Waals surface area contributed by atoms with Crippen molar-refractivity contribution in [2.75, 3.05) is 26.7 Å². The fraction of sp³-hybridized carbons (Fsp3) is 0.588. The van der Waals surface area contributed by atoms with Gasteiger partial charge in [0.1, 0.15) is 5.75 Å². The van der Waals surface area contributed by atoms with Crippen LogP contribution in [0, 0.1) is 19.3 Å². The topological polar surface area (TPSA) is 55.6 Å². The van der Waals surface area contributed by atoms with Crippen LogP contribution in [0.25, 0.3) is 0 Å². The van der Waals surface area contributed by atoms with Crippen LogP contribution in [-0.2, 0) is 4.79 Å². The normalized spacial score (nSPS) is 11.3. The third-order valence-corrected chi connectivity index (χ3v) is 3.77. The Labute approximate surface area is 128 Å². The lowest BCUT2D eigenvalue weighted by atomic mass is 9.93. The molecule has 1 aromatic carbocycles. The number of nitrogens with zero attached hydrogens (tertiary/aromatic N) is 1. The number of nitrogens with two attached hydrogens (primary N) is 1. The summed E-state index contributed by atoms with van der Waals surface area (Å²) in [5, 5.41) is 0. The van der Waals surface area contributed by atoms with E-state index in [1.54, 1.807) is 4.90 Å². The van der Waals surface area contributed by atoms with Crippen molar-refractivity contribution < 1.29 is 9.53 Å². The first-order valence-corrected chi connectivity index (χ1v) is 7.40. The van der Waals surface area contributed by atoms with Crippen LogP contribution in [0.5, 0.6) is 5.75 Å². The third kappa shape index (κ3) is 5.38. The minimum atomic E-state index is -0.0571. The highest BCUT2D eigenvalue weighted by Crippen LogP contribution is 2.20. The molecule has 1 amide bonds. The first-order chi connectivity index (χ1) is 9.76. The first-order valence-electron chi connectivity index (χ1n) is 7.40. The van der Waals surface area contributed by atoms with Crippen LogP contribution in [-0.4, -0.2) is 37.6 Å². The van der Waals surface area contributed by atoms with E-state index in [9.17, 15) is 4.79 Å². The second-order valence-electron chi connectivity index (χ2n) is 6.41. The average molecular weight is 292 g/mol. The van der Waals surface area contributed by atoms with E-state index in [1.165, 1.54) is 5.56 Å². The molecule has 0 aliphatic rings. The second kappa shape index (κ2) is 7.46. The van der Waals surface area contributed by atoms with Gasteiger partial charge in [0.15, 0.2) is 0 Å². The lowest BCUT2D eigenvalue weighted by Gasteiger charge is -2.29. The summed E-state index contributed by atoms with van der Waals surface area (Å²) in [5.41, 5.74) is 7.96. The van der Waals surface area contributed by atoms with E-state index >= 15 is 0 Å². The maximum Gasteiger partial charge on any atom is 0.225 e. The van der Waals surface area contributed by atoms with Crippen molar-refractivity contribution in [3.8, 4) is 5.75 Å². The Bertz CT molecular complexity index is 484. The van der Waals surface area contributed by atoms with Gasteiger partial charge in [-0.3, -0.25) is 4.79 Å². The molecule has 0 radical (unpaired) electrons. The molecule has 0 aliphatic heterocycles. The van der Waals surface area contributed by atoms with Crippen LogP contribution in [0.2, 0.25) is 0 Å². The molecular weight excluding hydrogens is 264 g/mol. The van der Waals surface area contributed by atoms with Crippen LogP contribution >= 0.6 is 0 Å². The summed E-state index contributed by atoms with van der Waals surface area (Å²) in [7, 11) is 1.82. The highest BCUT2D eigenvalue weighted by Gasteiger charge is 2.20. The molecule has 21 heavy (non-hydrogen) atoms. The molecular formula is C17H28N2O2. The maximum absolute atomic E-state index is 12.1. The van der Waals surface area contributed by atoms with Crippen molar-refractivity contribution in [2.24, 2.45) is 11.1 Å². The van der Waals surface area contributed by atoms with E-state index in [4.69, 9.17) is 10.5 Å². The lowest BCUT2D eigenvalue weighted by Crippen LogP contribution is -2.40. The molecule has 2 N–H and O–H groups in total. The molecule has 118 valence electrons. The summed E-state index contributed by atoms with van der Waals surface area (Å²) in [4.78, 5) is 13.8. The zero-order chi connectivity index (χ0) is 16.0. The highest BCUT2D eigenvalue weighted by atomic mass is 16.5. The van der Waals surface area contributed by atoms with Gasteiger partial charge in [0.05, 0.1) is 13.0 Å². The van der Waals surface area contributed by atoms with Gasteiger partial charge in [0, 0.05) is 13.6 Å². The van der Waals surface area contributed by atoms with Gasteiger partial charge in [-0.2, -0.15) is 0 Å². The zero-order valence-electron chi connectivity index (χ0n) is 13.9. The van der Waals surface area contributed by atoms with Gasteiger partial charge in [0.2, 0.25) is 5.91 Å². The van der Waals surface area contributed by atoms with Crippen LogP contribution < -0.4 is 10.5 Å². The molecule has 0 heterocycles. The van der Waals surface area contributed by atoms with Crippen molar-refractivity contribution in [1.82, 2.24) is 4.90 Å². The molecule has 0 aromatic heterocycles. The van der Waals surface area contributed by atoms with E-state index in [-0.39, 0.29) is 11.3 Å². The van der Waals surface area contributed by atoms with Crippen LogP contribution in [0.4, 0.5) is 0 Å². The molecule has 0 saturated carbocycles. The van der Waals surface area contributed by atoms with Gasteiger partial charge in [-0.05, 0) is 43.0 Å². The number of benzene rings is 1. The maximum atomic E-state index is 12.1. The molecule has 1 rings (SSSR count). The quantitative estimate of drug-likeness (QED) is 0.840. The Hall–Kier alpha value is -1.55. The van der Waals surface area contributed by atoms with Gasteiger partial charge in [0.25, 0.3) is 0 Å². The van der Waals surface area contributed by atoms with Crippen molar-refractivity contribution in [3.63, 3.8) is 0 Å². The van der Waals surface area contributed by atoms with Crippen LogP contribution in [0.15, 0.2) is 18.2 Å². The predicted octanol–water partition coefficient (Wildman–Crippen LogP) is 2.52. The molecule has 4 nitrogen and oxygen atoms in total. The van der Waals surface area contributed by atoms with E-state index in [0.717, 1.165) is 11.3 Å². The Morgan fingerprint density at radius 1 is 1.33 bits per heavy atom. The number of aryl methyl sites for hydroxylation is 1. The minimum Gasteiger partial charge on any atom is -0.493 e. The number of rotatable bonds is 7. The summed E-state index contributed by atoms with van der Waals surface area (Å²) in [6, 6.07) is 5.96. The molecule has 4 heteroatoms. The lowest BCUT2D eigenvalue weighted by molar-refractivity contribution is -0.131. The molecule has 0 spiro atoms. The third-order valence-electron chi connectivity index (χ3n) is 3.77. The average Bonchev–Trinajstić information content (AvgIpc) is 2.43. The number of ether oxygens (including phenoxy) is 1. The summed E-state index contributed by atoms with van der Waals surface area (Å²) >= 11 is 0. The molecule has 0 bridgehead atoms. The number of amides is 1. The Morgan fingerprint density at radius 2 is 2.00 bits per heavy atom. The van der Waals surface area contributed by atoms with E-state index in [1.807, 2.05) is 26.1 Å². The van der Waals surface area contributed by atoms with E-state index < -0.39 is 0 Å². The first kappa shape index (κ1) is 17.5. The molecule has 1 aromatic rings. The van der Waals surface area contributed by atoms with Gasteiger partial charge >= 0.3 is 0 Å². The molecule has 0 unspecified atom stereocenters.